The van der Waals surface area contributed by atoms with Crippen LogP contribution in [-0.2, 0) is 6.54 Å². The molecule has 6 heteroatoms. The van der Waals surface area contributed by atoms with E-state index in [1.54, 1.807) is 23.6 Å². The number of benzene rings is 1. The summed E-state index contributed by atoms with van der Waals surface area (Å²) < 4.78 is 2.44. The Bertz CT molecular complexity index is 697. The lowest BCUT2D eigenvalue weighted by molar-refractivity contribution is 0.689. The Kier molecular flexibility index (Phi) is 3.96. The van der Waals surface area contributed by atoms with Crippen LogP contribution in [0.25, 0.3) is 0 Å². The maximum absolute atomic E-state index is 11.9. The molecule has 1 heterocycles. The molecule has 4 nitrogen and oxygen atoms in total. The van der Waals surface area contributed by atoms with E-state index in [2.05, 4.69) is 20.9 Å². The van der Waals surface area contributed by atoms with Gasteiger partial charge in [-0.25, -0.2) is 4.79 Å². The van der Waals surface area contributed by atoms with Crippen LogP contribution in [0.5, 0.6) is 0 Å². The van der Waals surface area contributed by atoms with Gasteiger partial charge in [0.2, 0.25) is 0 Å². The van der Waals surface area contributed by atoms with Crippen LogP contribution in [0.15, 0.2) is 27.5 Å². The monoisotopic (exact) mass is 341 g/mol. The number of hydrogen-bond acceptors (Lipinski definition) is 3. The van der Waals surface area contributed by atoms with Gasteiger partial charge in [-0.15, -0.1) is 0 Å². The normalized spacial score (nSPS) is 10.7. The van der Waals surface area contributed by atoms with Gasteiger partial charge in [0, 0.05) is 5.69 Å². The van der Waals surface area contributed by atoms with E-state index in [9.17, 15) is 4.79 Å². The van der Waals surface area contributed by atoms with Crippen molar-refractivity contribution in [1.82, 2.24) is 9.55 Å². The topological polar surface area (TPSA) is 60.9 Å². The van der Waals surface area contributed by atoms with E-state index in [0.29, 0.717) is 22.9 Å². The molecule has 0 amide bonds. The average molecular weight is 343 g/mol. The first-order chi connectivity index (χ1) is 8.90. The Morgan fingerprint density at radius 2 is 2.11 bits per heavy atom. The lowest BCUT2D eigenvalue weighted by Crippen LogP contribution is -2.26. The fourth-order valence-electron chi connectivity index (χ4n) is 1.84. The predicted molar refractivity (Wildman–Crippen MR) is 80.6 cm³/mol. The first kappa shape index (κ1) is 14.1. The van der Waals surface area contributed by atoms with Crippen LogP contribution < -0.4 is 11.4 Å². The van der Waals surface area contributed by atoms with E-state index >= 15 is 0 Å². The highest BCUT2D eigenvalue weighted by atomic mass is 79.9. The van der Waals surface area contributed by atoms with E-state index in [-0.39, 0.29) is 5.69 Å². The summed E-state index contributed by atoms with van der Waals surface area (Å²) in [7, 11) is 0. The largest absolute Gasteiger partial charge is 0.398 e. The number of nitrogen functional groups attached to an aromatic ring is 1. The quantitative estimate of drug-likeness (QED) is 0.854. The zero-order chi connectivity index (χ0) is 14.2. The fraction of sp³-hybridized carbons (Fsp3) is 0.231. The molecule has 0 aliphatic carbocycles. The van der Waals surface area contributed by atoms with Crippen molar-refractivity contribution in [2.75, 3.05) is 5.73 Å². The van der Waals surface area contributed by atoms with Gasteiger partial charge in [-0.3, -0.25) is 4.57 Å². The summed E-state index contributed by atoms with van der Waals surface area (Å²) in [5, 5.41) is 0.510. The molecule has 0 saturated carbocycles. The third kappa shape index (κ3) is 2.82. The summed E-state index contributed by atoms with van der Waals surface area (Å²) in [4.78, 5) is 15.9. The number of halogens is 2. The van der Waals surface area contributed by atoms with Gasteiger partial charge in [0.05, 0.1) is 27.4 Å². The number of hydrogen-bond donors (Lipinski definition) is 1. The van der Waals surface area contributed by atoms with Crippen molar-refractivity contribution in [3.05, 3.63) is 55.1 Å². The number of aromatic nitrogens is 2. The summed E-state index contributed by atoms with van der Waals surface area (Å²) in [6.45, 7) is 4.08. The highest BCUT2D eigenvalue weighted by Crippen LogP contribution is 2.21. The van der Waals surface area contributed by atoms with Crippen molar-refractivity contribution in [3.63, 3.8) is 0 Å². The number of anilines is 1. The molecule has 19 heavy (non-hydrogen) atoms. The first-order valence-electron chi connectivity index (χ1n) is 5.67. The van der Waals surface area contributed by atoms with E-state index in [1.165, 1.54) is 0 Å². The molecule has 0 radical (unpaired) electrons. The van der Waals surface area contributed by atoms with Gasteiger partial charge >= 0.3 is 5.69 Å². The molecule has 0 aliphatic rings. The van der Waals surface area contributed by atoms with E-state index in [0.717, 1.165) is 15.7 Å². The number of nitrogens with two attached hydrogens (primary N) is 1. The van der Waals surface area contributed by atoms with Crippen molar-refractivity contribution in [3.8, 4) is 0 Å². The highest BCUT2D eigenvalue weighted by molar-refractivity contribution is 9.10. The Morgan fingerprint density at radius 3 is 2.74 bits per heavy atom. The molecule has 1 aromatic heterocycles. The summed E-state index contributed by atoms with van der Waals surface area (Å²) in [6, 6.07) is 5.34. The van der Waals surface area contributed by atoms with Gasteiger partial charge in [-0.05, 0) is 47.5 Å². The maximum Gasteiger partial charge on any atom is 0.348 e. The number of rotatable bonds is 2. The Morgan fingerprint density at radius 1 is 1.42 bits per heavy atom. The maximum atomic E-state index is 11.9. The van der Waals surface area contributed by atoms with Gasteiger partial charge in [0.15, 0.2) is 0 Å². The van der Waals surface area contributed by atoms with Crippen molar-refractivity contribution in [2.24, 2.45) is 0 Å². The second kappa shape index (κ2) is 5.35. The van der Waals surface area contributed by atoms with Crippen LogP contribution in [-0.4, -0.2) is 9.55 Å². The van der Waals surface area contributed by atoms with Crippen LogP contribution >= 0.6 is 27.5 Å². The molecule has 1 aromatic carbocycles. The zero-order valence-electron chi connectivity index (χ0n) is 10.6. The fourth-order valence-corrected chi connectivity index (χ4v) is 2.26. The van der Waals surface area contributed by atoms with Crippen LogP contribution in [0.1, 0.15) is 17.0 Å². The van der Waals surface area contributed by atoms with Crippen LogP contribution in [0.2, 0.25) is 5.02 Å². The molecule has 2 N–H and O–H groups in total. The molecule has 0 unspecified atom stereocenters. The van der Waals surface area contributed by atoms with Crippen LogP contribution in [0.4, 0.5) is 5.69 Å². The van der Waals surface area contributed by atoms with E-state index in [4.69, 9.17) is 17.3 Å². The molecule has 0 aliphatic heterocycles. The molecule has 0 atom stereocenters. The minimum Gasteiger partial charge on any atom is -0.398 e. The molecule has 0 bridgehead atoms. The Hall–Kier alpha value is -1.33. The zero-order valence-corrected chi connectivity index (χ0v) is 12.9. The van der Waals surface area contributed by atoms with Gasteiger partial charge in [-0.2, -0.15) is 4.98 Å². The van der Waals surface area contributed by atoms with Gasteiger partial charge in [0.25, 0.3) is 0 Å². The molecule has 0 saturated heterocycles. The standard InChI is InChI=1S/C13H13BrClN3O/c1-7-12(14)8(2)18(13(19)17-7)6-9-3-4-10(15)11(16)5-9/h3-5H,6,16H2,1-2H3. The molecular weight excluding hydrogens is 330 g/mol. The number of nitrogens with zero attached hydrogens (tertiary/aromatic N) is 2. The van der Waals surface area contributed by atoms with E-state index in [1.807, 2.05) is 13.0 Å². The molecule has 0 fully saturated rings. The minimum absolute atomic E-state index is 0.272. The molecule has 0 spiro atoms. The molecule has 2 aromatic rings. The molecule has 100 valence electrons. The van der Waals surface area contributed by atoms with E-state index < -0.39 is 0 Å². The summed E-state index contributed by atoms with van der Waals surface area (Å²) in [6.07, 6.45) is 0. The third-order valence-corrected chi connectivity index (χ3v) is 4.43. The van der Waals surface area contributed by atoms with Crippen LogP contribution in [0.3, 0.4) is 0 Å². The Balaban J connectivity index is 2.46. The van der Waals surface area contributed by atoms with Gasteiger partial charge in [0.1, 0.15) is 0 Å². The second-order valence-electron chi connectivity index (χ2n) is 4.32. The van der Waals surface area contributed by atoms with Crippen molar-refractivity contribution in [2.45, 2.75) is 20.4 Å². The Labute approximate surface area is 124 Å². The van der Waals surface area contributed by atoms with Crippen molar-refractivity contribution in [1.29, 1.82) is 0 Å². The summed E-state index contributed by atoms with van der Waals surface area (Å²) in [5.74, 6) is 0. The lowest BCUT2D eigenvalue weighted by Gasteiger charge is -2.12. The molecule has 2 rings (SSSR count). The predicted octanol–water partition coefficient (Wildman–Crippen LogP) is 2.91. The van der Waals surface area contributed by atoms with Crippen molar-refractivity contribution < 1.29 is 0 Å². The third-order valence-electron chi connectivity index (χ3n) is 2.94. The summed E-state index contributed by atoms with van der Waals surface area (Å²) in [5.41, 5.74) is 8.43. The smallest absolute Gasteiger partial charge is 0.348 e. The SMILES string of the molecule is Cc1nc(=O)n(Cc2ccc(Cl)c(N)c2)c(C)c1Br. The minimum atomic E-state index is -0.272. The van der Waals surface area contributed by atoms with Crippen molar-refractivity contribution >= 4 is 33.2 Å². The highest BCUT2D eigenvalue weighted by Gasteiger charge is 2.10. The second-order valence-corrected chi connectivity index (χ2v) is 5.52. The van der Waals surface area contributed by atoms with Crippen LogP contribution in [0, 0.1) is 13.8 Å². The average Bonchev–Trinajstić information content (AvgIpc) is 2.36. The van der Waals surface area contributed by atoms with Gasteiger partial charge < -0.3 is 5.73 Å². The number of aryl methyl sites for hydroxylation is 1. The summed E-state index contributed by atoms with van der Waals surface area (Å²) >= 11 is 9.31. The lowest BCUT2D eigenvalue weighted by atomic mass is 10.2. The van der Waals surface area contributed by atoms with Gasteiger partial charge in [-0.1, -0.05) is 17.7 Å². The first-order valence-corrected chi connectivity index (χ1v) is 6.84. The molecular formula is C13H13BrClN3O.